The van der Waals surface area contributed by atoms with Gasteiger partial charge in [0.1, 0.15) is 0 Å². The van der Waals surface area contributed by atoms with Crippen LogP contribution in [0.5, 0.6) is 0 Å². The molecule has 0 aliphatic heterocycles. The van der Waals surface area contributed by atoms with Gasteiger partial charge in [0.25, 0.3) is 0 Å². The number of benzene rings is 1. The molecule has 0 N–H and O–H groups in total. The van der Waals surface area contributed by atoms with Gasteiger partial charge >= 0.3 is 0 Å². The lowest BCUT2D eigenvalue weighted by atomic mass is 10.0. The average molecular weight is 203 g/mol. The van der Waals surface area contributed by atoms with Crippen LogP contribution in [0.4, 0.5) is 0 Å². The normalized spacial score (nSPS) is 10.3. The van der Waals surface area contributed by atoms with Crippen molar-refractivity contribution in [3.05, 3.63) is 33.3 Å². The standard InChI is InChI=1S/C10H12Cl2/c1-3-7-5-9(11)10(12)6-8(7)4-2/h5-6H,3-4H2,1-2H3. The fraction of sp³-hybridized carbons (Fsp3) is 0.400. The molecule has 66 valence electrons. The number of aryl methyl sites for hydroxylation is 2. The second kappa shape index (κ2) is 4.15. The van der Waals surface area contributed by atoms with Crippen LogP contribution in [0.3, 0.4) is 0 Å². The molecule has 0 radical (unpaired) electrons. The molecule has 0 nitrogen and oxygen atoms in total. The van der Waals surface area contributed by atoms with E-state index in [2.05, 4.69) is 13.8 Å². The Morgan fingerprint density at radius 1 is 0.917 bits per heavy atom. The van der Waals surface area contributed by atoms with Gasteiger partial charge in [-0.15, -0.1) is 0 Å². The Balaban J connectivity index is 3.19. The van der Waals surface area contributed by atoms with E-state index in [9.17, 15) is 0 Å². The lowest BCUT2D eigenvalue weighted by molar-refractivity contribution is 1.04. The third-order valence-electron chi connectivity index (χ3n) is 2.00. The van der Waals surface area contributed by atoms with Gasteiger partial charge in [-0.2, -0.15) is 0 Å². The minimum Gasteiger partial charge on any atom is -0.0827 e. The molecule has 0 unspecified atom stereocenters. The zero-order valence-corrected chi connectivity index (χ0v) is 8.84. The summed E-state index contributed by atoms with van der Waals surface area (Å²) in [5, 5.41) is 1.32. The minimum absolute atomic E-state index is 0.658. The van der Waals surface area contributed by atoms with Gasteiger partial charge in [0.15, 0.2) is 0 Å². The third kappa shape index (κ3) is 1.94. The predicted octanol–water partition coefficient (Wildman–Crippen LogP) is 4.12. The first kappa shape index (κ1) is 9.88. The molecule has 0 aliphatic carbocycles. The molecule has 0 atom stereocenters. The molecular formula is C10H12Cl2. The summed E-state index contributed by atoms with van der Waals surface area (Å²) >= 11 is 11.8. The fourth-order valence-electron chi connectivity index (χ4n) is 1.29. The Kier molecular flexibility index (Phi) is 3.42. The van der Waals surface area contributed by atoms with Gasteiger partial charge in [0.2, 0.25) is 0 Å². The van der Waals surface area contributed by atoms with Crippen molar-refractivity contribution in [2.75, 3.05) is 0 Å². The molecule has 1 aromatic carbocycles. The number of hydrogen-bond donors (Lipinski definition) is 0. The summed E-state index contributed by atoms with van der Waals surface area (Å²) < 4.78 is 0. The first-order valence-electron chi connectivity index (χ1n) is 4.15. The number of rotatable bonds is 2. The van der Waals surface area contributed by atoms with Crippen LogP contribution in [0.25, 0.3) is 0 Å². The van der Waals surface area contributed by atoms with E-state index in [0.717, 1.165) is 12.8 Å². The van der Waals surface area contributed by atoms with E-state index in [1.54, 1.807) is 0 Å². The summed E-state index contributed by atoms with van der Waals surface area (Å²) in [6, 6.07) is 3.92. The van der Waals surface area contributed by atoms with Gasteiger partial charge in [-0.1, -0.05) is 37.0 Å². The average Bonchev–Trinajstić information content (AvgIpc) is 2.09. The summed E-state index contributed by atoms with van der Waals surface area (Å²) in [5.41, 5.74) is 2.60. The van der Waals surface area contributed by atoms with Crippen molar-refractivity contribution in [1.82, 2.24) is 0 Å². The fourth-order valence-corrected chi connectivity index (χ4v) is 1.66. The molecule has 0 aromatic heterocycles. The molecule has 2 heteroatoms. The zero-order valence-electron chi connectivity index (χ0n) is 7.32. The summed E-state index contributed by atoms with van der Waals surface area (Å²) in [6.45, 7) is 4.25. The third-order valence-corrected chi connectivity index (χ3v) is 2.73. The van der Waals surface area contributed by atoms with Crippen molar-refractivity contribution in [2.45, 2.75) is 26.7 Å². The van der Waals surface area contributed by atoms with E-state index in [0.29, 0.717) is 10.0 Å². The largest absolute Gasteiger partial charge is 0.0827 e. The van der Waals surface area contributed by atoms with E-state index < -0.39 is 0 Å². The Morgan fingerprint density at radius 3 is 1.50 bits per heavy atom. The quantitative estimate of drug-likeness (QED) is 0.678. The van der Waals surface area contributed by atoms with Gasteiger partial charge < -0.3 is 0 Å². The Bertz CT molecular complexity index is 250. The summed E-state index contributed by atoms with van der Waals surface area (Å²) in [6.07, 6.45) is 2.03. The van der Waals surface area contributed by atoms with Crippen LogP contribution in [-0.2, 0) is 12.8 Å². The van der Waals surface area contributed by atoms with Crippen LogP contribution in [0.2, 0.25) is 10.0 Å². The second-order valence-electron chi connectivity index (χ2n) is 2.74. The number of halogens is 2. The maximum absolute atomic E-state index is 5.89. The highest BCUT2D eigenvalue weighted by molar-refractivity contribution is 6.42. The molecule has 12 heavy (non-hydrogen) atoms. The SMILES string of the molecule is CCc1cc(Cl)c(Cl)cc1CC. The first-order valence-corrected chi connectivity index (χ1v) is 4.91. The lowest BCUT2D eigenvalue weighted by Gasteiger charge is -2.06. The molecule has 1 rings (SSSR count). The van der Waals surface area contributed by atoms with Gasteiger partial charge in [-0.3, -0.25) is 0 Å². The van der Waals surface area contributed by atoms with Crippen LogP contribution in [0, 0.1) is 0 Å². The summed E-state index contributed by atoms with van der Waals surface area (Å²) in [5.74, 6) is 0. The minimum atomic E-state index is 0.658. The lowest BCUT2D eigenvalue weighted by Crippen LogP contribution is -1.90. The van der Waals surface area contributed by atoms with Gasteiger partial charge in [-0.25, -0.2) is 0 Å². The van der Waals surface area contributed by atoms with Crippen molar-refractivity contribution < 1.29 is 0 Å². The van der Waals surface area contributed by atoms with Crippen LogP contribution < -0.4 is 0 Å². The second-order valence-corrected chi connectivity index (χ2v) is 3.56. The van der Waals surface area contributed by atoms with E-state index in [-0.39, 0.29) is 0 Å². The molecular weight excluding hydrogens is 191 g/mol. The smallest absolute Gasteiger partial charge is 0.0595 e. The molecule has 1 aromatic rings. The Labute approximate surface area is 83.5 Å². The summed E-state index contributed by atoms with van der Waals surface area (Å²) in [4.78, 5) is 0. The molecule has 0 saturated carbocycles. The van der Waals surface area contributed by atoms with Crippen LogP contribution >= 0.6 is 23.2 Å². The highest BCUT2D eigenvalue weighted by Gasteiger charge is 2.03. The zero-order chi connectivity index (χ0) is 9.14. The van der Waals surface area contributed by atoms with Crippen molar-refractivity contribution in [1.29, 1.82) is 0 Å². The highest BCUT2D eigenvalue weighted by atomic mass is 35.5. The van der Waals surface area contributed by atoms with E-state index in [1.165, 1.54) is 11.1 Å². The maximum atomic E-state index is 5.89. The monoisotopic (exact) mass is 202 g/mol. The van der Waals surface area contributed by atoms with Crippen LogP contribution in [0.1, 0.15) is 25.0 Å². The van der Waals surface area contributed by atoms with Gasteiger partial charge in [0, 0.05) is 0 Å². The first-order chi connectivity index (χ1) is 5.69. The molecule has 0 bridgehead atoms. The van der Waals surface area contributed by atoms with Crippen LogP contribution in [-0.4, -0.2) is 0 Å². The van der Waals surface area contributed by atoms with E-state index in [1.807, 2.05) is 12.1 Å². The highest BCUT2D eigenvalue weighted by Crippen LogP contribution is 2.26. The van der Waals surface area contributed by atoms with Crippen molar-refractivity contribution in [2.24, 2.45) is 0 Å². The van der Waals surface area contributed by atoms with Crippen molar-refractivity contribution in [3.63, 3.8) is 0 Å². The molecule has 0 fully saturated rings. The molecule has 0 spiro atoms. The molecule has 0 saturated heterocycles. The summed E-state index contributed by atoms with van der Waals surface area (Å²) in [7, 11) is 0. The van der Waals surface area contributed by atoms with E-state index in [4.69, 9.17) is 23.2 Å². The number of hydrogen-bond acceptors (Lipinski definition) is 0. The topological polar surface area (TPSA) is 0 Å². The van der Waals surface area contributed by atoms with Crippen molar-refractivity contribution >= 4 is 23.2 Å². The maximum Gasteiger partial charge on any atom is 0.0595 e. The Morgan fingerprint density at radius 2 is 1.25 bits per heavy atom. The van der Waals surface area contributed by atoms with E-state index >= 15 is 0 Å². The van der Waals surface area contributed by atoms with Crippen molar-refractivity contribution in [3.8, 4) is 0 Å². The van der Waals surface area contributed by atoms with Gasteiger partial charge in [-0.05, 0) is 36.1 Å². The Hall–Kier alpha value is -0.200. The van der Waals surface area contributed by atoms with Crippen LogP contribution in [0.15, 0.2) is 12.1 Å². The predicted molar refractivity (Wildman–Crippen MR) is 55.2 cm³/mol. The molecule has 0 heterocycles. The van der Waals surface area contributed by atoms with Gasteiger partial charge in [0.05, 0.1) is 10.0 Å². The molecule has 0 amide bonds. The molecule has 0 aliphatic rings.